The van der Waals surface area contributed by atoms with Crippen molar-refractivity contribution in [1.29, 1.82) is 0 Å². The molecule has 0 radical (unpaired) electrons. The lowest BCUT2D eigenvalue weighted by Crippen LogP contribution is -2.19. The van der Waals surface area contributed by atoms with E-state index in [0.29, 0.717) is 17.0 Å². The van der Waals surface area contributed by atoms with Crippen LogP contribution in [0.4, 0.5) is 5.69 Å². The highest BCUT2D eigenvalue weighted by Crippen LogP contribution is 2.23. The third-order valence-electron chi connectivity index (χ3n) is 2.19. The molecule has 1 rings (SSSR count). The Morgan fingerprint density at radius 1 is 1.28 bits per heavy atom. The molecule has 0 unspecified atom stereocenters. The summed E-state index contributed by atoms with van der Waals surface area (Å²) in [7, 11) is 0. The number of hydrogen-bond donors (Lipinski definition) is 1. The van der Waals surface area contributed by atoms with Crippen molar-refractivity contribution in [3.05, 3.63) is 29.8 Å². The second-order valence-corrected chi connectivity index (χ2v) is 6.89. The Morgan fingerprint density at radius 3 is 2.50 bits per heavy atom. The molecule has 0 aliphatic heterocycles. The second-order valence-electron chi connectivity index (χ2n) is 5.09. The number of amides is 1. The number of carbonyl (C=O) groups excluding carboxylic acids is 2. The summed E-state index contributed by atoms with van der Waals surface area (Å²) in [4.78, 5) is 22.9. The fourth-order valence-corrected chi connectivity index (χ4v) is 1.93. The van der Waals surface area contributed by atoms with Crippen LogP contribution < -0.4 is 5.32 Å². The van der Waals surface area contributed by atoms with Crippen LogP contribution in [-0.2, 0) is 4.79 Å². The number of ketones is 1. The molecule has 98 valence electrons. The van der Waals surface area contributed by atoms with Crippen LogP contribution in [0.3, 0.4) is 0 Å². The molecule has 1 amide bonds. The van der Waals surface area contributed by atoms with Crippen molar-refractivity contribution in [3.8, 4) is 0 Å². The predicted octanol–water partition coefficient (Wildman–Crippen LogP) is 3.36. The number of anilines is 1. The van der Waals surface area contributed by atoms with Crippen molar-refractivity contribution < 1.29 is 9.59 Å². The van der Waals surface area contributed by atoms with Crippen LogP contribution >= 0.6 is 11.8 Å². The van der Waals surface area contributed by atoms with Crippen LogP contribution in [0.5, 0.6) is 0 Å². The highest BCUT2D eigenvalue weighted by Gasteiger charge is 2.13. The Labute approximate surface area is 112 Å². The van der Waals surface area contributed by atoms with Gasteiger partial charge in [-0.1, -0.05) is 32.9 Å². The molecular weight excluding hydrogens is 246 g/mol. The summed E-state index contributed by atoms with van der Waals surface area (Å²) in [5.41, 5.74) is 1.28. The van der Waals surface area contributed by atoms with Gasteiger partial charge in [0.1, 0.15) is 0 Å². The van der Waals surface area contributed by atoms with Gasteiger partial charge in [0.05, 0.1) is 5.75 Å². The number of benzene rings is 1. The molecule has 0 spiro atoms. The second kappa shape index (κ2) is 6.05. The molecule has 0 heterocycles. The highest BCUT2D eigenvalue weighted by atomic mass is 32.2. The average molecular weight is 265 g/mol. The Hall–Kier alpha value is -1.29. The lowest BCUT2D eigenvalue weighted by atomic mass is 10.1. The molecule has 4 heteroatoms. The molecule has 0 atom stereocenters. The van der Waals surface area contributed by atoms with Gasteiger partial charge >= 0.3 is 0 Å². The third-order valence-corrected chi connectivity index (χ3v) is 3.46. The van der Waals surface area contributed by atoms with Gasteiger partial charge in [-0.2, -0.15) is 0 Å². The molecule has 0 aliphatic rings. The minimum absolute atomic E-state index is 0.00448. The van der Waals surface area contributed by atoms with Gasteiger partial charge < -0.3 is 5.32 Å². The van der Waals surface area contributed by atoms with Gasteiger partial charge in [0.15, 0.2) is 5.78 Å². The molecule has 0 saturated heterocycles. The fraction of sp³-hybridized carbons (Fsp3) is 0.429. The van der Waals surface area contributed by atoms with Crippen LogP contribution in [0.25, 0.3) is 0 Å². The van der Waals surface area contributed by atoms with E-state index in [9.17, 15) is 9.59 Å². The van der Waals surface area contributed by atoms with E-state index in [0.717, 1.165) is 0 Å². The number of nitrogens with one attached hydrogen (secondary N) is 1. The zero-order valence-electron chi connectivity index (χ0n) is 11.2. The van der Waals surface area contributed by atoms with Crippen molar-refractivity contribution in [2.75, 3.05) is 11.1 Å². The van der Waals surface area contributed by atoms with Crippen LogP contribution in [0.2, 0.25) is 0 Å². The number of Topliss-reactive ketones (excluding diaryl/α,β-unsaturated/α-hetero) is 1. The summed E-state index contributed by atoms with van der Waals surface area (Å²) in [6, 6.07) is 6.99. The molecule has 0 aliphatic carbocycles. The predicted molar refractivity (Wildman–Crippen MR) is 77.3 cm³/mol. The maximum Gasteiger partial charge on any atom is 0.234 e. The molecule has 1 aromatic carbocycles. The molecule has 0 fully saturated rings. The highest BCUT2D eigenvalue weighted by molar-refractivity contribution is 8.01. The Balaban J connectivity index is 2.59. The first-order chi connectivity index (χ1) is 8.28. The van der Waals surface area contributed by atoms with Gasteiger partial charge in [0.2, 0.25) is 5.91 Å². The summed E-state index contributed by atoms with van der Waals surface area (Å²) in [5.74, 6) is 0.360. The Bertz CT molecular complexity index is 449. The zero-order valence-corrected chi connectivity index (χ0v) is 12.1. The van der Waals surface area contributed by atoms with E-state index in [1.165, 1.54) is 6.92 Å². The first-order valence-electron chi connectivity index (χ1n) is 5.83. The van der Waals surface area contributed by atoms with E-state index >= 15 is 0 Å². The fourth-order valence-electron chi connectivity index (χ4n) is 1.30. The number of thioether (sulfide) groups is 1. The van der Waals surface area contributed by atoms with Crippen LogP contribution in [0.1, 0.15) is 38.1 Å². The van der Waals surface area contributed by atoms with E-state index in [1.807, 2.05) is 0 Å². The van der Waals surface area contributed by atoms with E-state index in [-0.39, 0.29) is 16.4 Å². The van der Waals surface area contributed by atoms with Crippen molar-refractivity contribution in [2.24, 2.45) is 0 Å². The van der Waals surface area contributed by atoms with Gasteiger partial charge in [-0.3, -0.25) is 9.59 Å². The largest absolute Gasteiger partial charge is 0.325 e. The lowest BCUT2D eigenvalue weighted by molar-refractivity contribution is -0.113. The van der Waals surface area contributed by atoms with Gasteiger partial charge in [0.25, 0.3) is 0 Å². The van der Waals surface area contributed by atoms with Gasteiger partial charge in [-0.15, -0.1) is 11.8 Å². The van der Waals surface area contributed by atoms with Crippen molar-refractivity contribution in [2.45, 2.75) is 32.4 Å². The van der Waals surface area contributed by atoms with Crippen LogP contribution in [0, 0.1) is 0 Å². The standard InChI is InChI=1S/C14H19NO2S/c1-10(16)11-6-5-7-12(8-11)15-13(17)9-18-14(2,3)4/h5-8H,9H2,1-4H3,(H,15,17). The molecule has 3 nitrogen and oxygen atoms in total. The zero-order chi connectivity index (χ0) is 13.8. The summed E-state index contributed by atoms with van der Waals surface area (Å²) in [6.07, 6.45) is 0. The van der Waals surface area contributed by atoms with E-state index in [1.54, 1.807) is 36.0 Å². The SMILES string of the molecule is CC(=O)c1cccc(NC(=O)CSC(C)(C)C)c1. The Morgan fingerprint density at radius 2 is 1.94 bits per heavy atom. The summed E-state index contributed by atoms with van der Waals surface area (Å²) >= 11 is 1.59. The van der Waals surface area contributed by atoms with Crippen LogP contribution in [-0.4, -0.2) is 22.2 Å². The maximum atomic E-state index is 11.7. The average Bonchev–Trinajstić information content (AvgIpc) is 2.26. The van der Waals surface area contributed by atoms with E-state index < -0.39 is 0 Å². The van der Waals surface area contributed by atoms with Crippen molar-refractivity contribution in [3.63, 3.8) is 0 Å². The minimum atomic E-state index is -0.0457. The first kappa shape index (κ1) is 14.8. The molecule has 0 bridgehead atoms. The third kappa shape index (κ3) is 5.36. The monoisotopic (exact) mass is 265 g/mol. The van der Waals surface area contributed by atoms with Gasteiger partial charge in [-0.05, 0) is 19.1 Å². The van der Waals surface area contributed by atoms with Gasteiger partial charge in [-0.25, -0.2) is 0 Å². The summed E-state index contributed by atoms with van der Waals surface area (Å²) in [5, 5.41) is 2.80. The quantitative estimate of drug-likeness (QED) is 0.849. The normalized spacial score (nSPS) is 11.1. The summed E-state index contributed by atoms with van der Waals surface area (Å²) < 4.78 is 0.0680. The van der Waals surface area contributed by atoms with E-state index in [2.05, 4.69) is 26.1 Å². The molecule has 1 aromatic rings. The minimum Gasteiger partial charge on any atom is -0.325 e. The smallest absolute Gasteiger partial charge is 0.234 e. The molecular formula is C14H19NO2S. The van der Waals surface area contributed by atoms with E-state index in [4.69, 9.17) is 0 Å². The van der Waals surface area contributed by atoms with Gasteiger partial charge in [0, 0.05) is 16.0 Å². The van der Waals surface area contributed by atoms with Crippen molar-refractivity contribution in [1.82, 2.24) is 0 Å². The number of carbonyl (C=O) groups is 2. The molecule has 1 N–H and O–H groups in total. The van der Waals surface area contributed by atoms with Crippen molar-refractivity contribution >= 4 is 29.1 Å². The maximum absolute atomic E-state index is 11.7. The van der Waals surface area contributed by atoms with Crippen LogP contribution in [0.15, 0.2) is 24.3 Å². The molecule has 0 saturated carbocycles. The topological polar surface area (TPSA) is 46.2 Å². The lowest BCUT2D eigenvalue weighted by Gasteiger charge is -2.17. The molecule has 18 heavy (non-hydrogen) atoms. The molecule has 0 aromatic heterocycles. The summed E-state index contributed by atoms with van der Waals surface area (Å²) in [6.45, 7) is 7.72. The number of hydrogen-bond acceptors (Lipinski definition) is 3. The Kier molecular flexibility index (Phi) is 4.96. The number of rotatable bonds is 4. The first-order valence-corrected chi connectivity index (χ1v) is 6.81.